The molecule has 0 radical (unpaired) electrons. The summed E-state index contributed by atoms with van der Waals surface area (Å²) in [5.74, 6) is 0. The van der Waals surface area contributed by atoms with E-state index in [0.29, 0.717) is 6.10 Å². The number of unbranched alkanes of at least 4 members (excludes halogenated alkanes) is 1. The van der Waals surface area contributed by atoms with Gasteiger partial charge in [-0.15, -0.1) is 0 Å². The van der Waals surface area contributed by atoms with E-state index < -0.39 is 0 Å². The number of ether oxygens (including phenoxy) is 1. The molecule has 0 spiro atoms. The summed E-state index contributed by atoms with van der Waals surface area (Å²) in [6.07, 6.45) is 11.0. The number of allylic oxidation sites excluding steroid dienone is 1. The van der Waals surface area contributed by atoms with Gasteiger partial charge in [0, 0.05) is 6.61 Å². The fraction of sp³-hybridized carbons (Fsp3) is 0.800. The smallest absolute Gasteiger partial charge is 0.0612 e. The maximum Gasteiger partial charge on any atom is 0.0612 e. The fourth-order valence-corrected chi connectivity index (χ4v) is 1.31. The minimum atomic E-state index is 0.520. The first-order valence-corrected chi connectivity index (χ1v) is 4.70. The first-order valence-electron chi connectivity index (χ1n) is 4.70. The van der Waals surface area contributed by atoms with Gasteiger partial charge in [-0.3, -0.25) is 0 Å². The average molecular weight is 154 g/mol. The van der Waals surface area contributed by atoms with Crippen molar-refractivity contribution in [1.29, 1.82) is 0 Å². The van der Waals surface area contributed by atoms with Crippen LogP contribution in [0.2, 0.25) is 0 Å². The molecule has 0 N–H and O–H groups in total. The minimum absolute atomic E-state index is 0.520. The molecule has 1 aliphatic rings. The fourth-order valence-electron chi connectivity index (χ4n) is 1.31. The third kappa shape index (κ3) is 3.57. The Balaban J connectivity index is 2.02. The Morgan fingerprint density at radius 3 is 3.00 bits per heavy atom. The second kappa shape index (κ2) is 5.36. The summed E-state index contributed by atoms with van der Waals surface area (Å²) in [7, 11) is 0. The largest absolute Gasteiger partial charge is 0.378 e. The van der Waals surface area contributed by atoms with Gasteiger partial charge in [0.1, 0.15) is 0 Å². The van der Waals surface area contributed by atoms with Crippen LogP contribution >= 0.6 is 0 Å². The number of rotatable bonds is 4. The molecule has 1 unspecified atom stereocenters. The van der Waals surface area contributed by atoms with Crippen LogP contribution < -0.4 is 0 Å². The lowest BCUT2D eigenvalue weighted by atomic mass is 10.1. The van der Waals surface area contributed by atoms with Crippen LogP contribution in [0.1, 0.15) is 39.0 Å². The van der Waals surface area contributed by atoms with Crippen molar-refractivity contribution in [1.82, 2.24) is 0 Å². The van der Waals surface area contributed by atoms with Crippen LogP contribution in [-0.2, 0) is 4.74 Å². The molecule has 0 bridgehead atoms. The van der Waals surface area contributed by atoms with Crippen molar-refractivity contribution in [3.8, 4) is 0 Å². The van der Waals surface area contributed by atoms with Crippen molar-refractivity contribution in [3.05, 3.63) is 12.2 Å². The van der Waals surface area contributed by atoms with Gasteiger partial charge in [0.05, 0.1) is 6.10 Å². The Labute approximate surface area is 69.4 Å². The normalized spacial score (nSPS) is 23.9. The molecule has 1 atom stereocenters. The molecule has 11 heavy (non-hydrogen) atoms. The van der Waals surface area contributed by atoms with Gasteiger partial charge in [-0.25, -0.2) is 0 Å². The van der Waals surface area contributed by atoms with Crippen LogP contribution in [-0.4, -0.2) is 12.7 Å². The second-order valence-corrected chi connectivity index (χ2v) is 3.13. The van der Waals surface area contributed by atoms with E-state index in [9.17, 15) is 0 Å². The Morgan fingerprint density at radius 1 is 1.45 bits per heavy atom. The van der Waals surface area contributed by atoms with E-state index in [1.807, 2.05) is 0 Å². The first kappa shape index (κ1) is 8.79. The third-order valence-corrected chi connectivity index (χ3v) is 2.07. The van der Waals surface area contributed by atoms with Gasteiger partial charge in [0.2, 0.25) is 0 Å². The molecule has 0 heterocycles. The highest BCUT2D eigenvalue weighted by Crippen LogP contribution is 2.14. The zero-order valence-electron chi connectivity index (χ0n) is 7.38. The lowest BCUT2D eigenvalue weighted by molar-refractivity contribution is 0.0458. The van der Waals surface area contributed by atoms with Crippen molar-refractivity contribution in [2.75, 3.05) is 6.61 Å². The van der Waals surface area contributed by atoms with Crippen molar-refractivity contribution < 1.29 is 4.74 Å². The van der Waals surface area contributed by atoms with Crippen LogP contribution in [0.4, 0.5) is 0 Å². The molecule has 1 nitrogen and oxygen atoms in total. The Hall–Kier alpha value is -0.300. The summed E-state index contributed by atoms with van der Waals surface area (Å²) >= 11 is 0. The van der Waals surface area contributed by atoms with Gasteiger partial charge < -0.3 is 4.74 Å². The molecule has 0 amide bonds. The average Bonchev–Trinajstić information content (AvgIpc) is 2.07. The Morgan fingerprint density at radius 2 is 2.36 bits per heavy atom. The van der Waals surface area contributed by atoms with Gasteiger partial charge in [-0.2, -0.15) is 0 Å². The van der Waals surface area contributed by atoms with Crippen molar-refractivity contribution in [3.63, 3.8) is 0 Å². The van der Waals surface area contributed by atoms with Crippen LogP contribution in [0, 0.1) is 0 Å². The van der Waals surface area contributed by atoms with Crippen molar-refractivity contribution in [2.24, 2.45) is 0 Å². The molecule has 0 aromatic heterocycles. The second-order valence-electron chi connectivity index (χ2n) is 3.13. The van der Waals surface area contributed by atoms with Crippen LogP contribution in [0.5, 0.6) is 0 Å². The van der Waals surface area contributed by atoms with E-state index >= 15 is 0 Å². The lowest BCUT2D eigenvalue weighted by Gasteiger charge is -2.17. The summed E-state index contributed by atoms with van der Waals surface area (Å²) in [5.41, 5.74) is 0. The van der Waals surface area contributed by atoms with Crippen molar-refractivity contribution in [2.45, 2.75) is 45.1 Å². The van der Waals surface area contributed by atoms with Gasteiger partial charge in [-0.1, -0.05) is 25.5 Å². The van der Waals surface area contributed by atoms with E-state index in [-0.39, 0.29) is 0 Å². The third-order valence-electron chi connectivity index (χ3n) is 2.07. The molecule has 1 rings (SSSR count). The van der Waals surface area contributed by atoms with E-state index in [4.69, 9.17) is 4.74 Å². The first-order chi connectivity index (χ1) is 5.43. The van der Waals surface area contributed by atoms with Gasteiger partial charge in [0.15, 0.2) is 0 Å². The maximum absolute atomic E-state index is 5.67. The molecule has 1 aliphatic carbocycles. The predicted molar refractivity (Wildman–Crippen MR) is 47.6 cm³/mol. The van der Waals surface area contributed by atoms with E-state index in [0.717, 1.165) is 13.0 Å². The Bertz CT molecular complexity index is 118. The summed E-state index contributed by atoms with van der Waals surface area (Å²) in [4.78, 5) is 0. The highest BCUT2D eigenvalue weighted by molar-refractivity contribution is 4.90. The summed E-state index contributed by atoms with van der Waals surface area (Å²) in [5, 5.41) is 0. The Kier molecular flexibility index (Phi) is 4.29. The van der Waals surface area contributed by atoms with Gasteiger partial charge in [-0.05, 0) is 25.7 Å². The monoisotopic (exact) mass is 154 g/mol. The molecule has 64 valence electrons. The molecule has 0 saturated carbocycles. The maximum atomic E-state index is 5.67. The molecule has 0 saturated heterocycles. The lowest BCUT2D eigenvalue weighted by Crippen LogP contribution is -2.14. The standard InChI is InChI=1S/C10H18O/c1-2-3-9-11-10-7-5-4-6-8-10/h4-5,10H,2-3,6-9H2,1H3. The summed E-state index contributed by atoms with van der Waals surface area (Å²) < 4.78 is 5.67. The van der Waals surface area contributed by atoms with Crippen LogP contribution in [0.25, 0.3) is 0 Å². The predicted octanol–water partition coefficient (Wildman–Crippen LogP) is 2.91. The van der Waals surface area contributed by atoms with Crippen LogP contribution in [0.3, 0.4) is 0 Å². The van der Waals surface area contributed by atoms with Gasteiger partial charge in [0.25, 0.3) is 0 Å². The molecule has 0 aliphatic heterocycles. The molecule has 0 aromatic carbocycles. The summed E-state index contributed by atoms with van der Waals surface area (Å²) in [6, 6.07) is 0. The van der Waals surface area contributed by atoms with E-state index in [2.05, 4.69) is 19.1 Å². The molecular weight excluding hydrogens is 136 g/mol. The zero-order valence-corrected chi connectivity index (χ0v) is 7.38. The molecule has 1 heteroatoms. The number of hydrogen-bond acceptors (Lipinski definition) is 1. The summed E-state index contributed by atoms with van der Waals surface area (Å²) in [6.45, 7) is 3.15. The molecular formula is C10H18O. The minimum Gasteiger partial charge on any atom is -0.378 e. The highest BCUT2D eigenvalue weighted by Gasteiger charge is 2.08. The van der Waals surface area contributed by atoms with Gasteiger partial charge >= 0.3 is 0 Å². The highest BCUT2D eigenvalue weighted by atomic mass is 16.5. The SMILES string of the molecule is CCCCOC1CC=CCC1. The topological polar surface area (TPSA) is 9.23 Å². The van der Waals surface area contributed by atoms with E-state index in [1.54, 1.807) is 0 Å². The van der Waals surface area contributed by atoms with E-state index in [1.165, 1.54) is 25.7 Å². The molecule has 0 fully saturated rings. The number of hydrogen-bond donors (Lipinski definition) is 0. The van der Waals surface area contributed by atoms with Crippen LogP contribution in [0.15, 0.2) is 12.2 Å². The quantitative estimate of drug-likeness (QED) is 0.447. The van der Waals surface area contributed by atoms with Crippen molar-refractivity contribution >= 4 is 0 Å². The molecule has 0 aromatic rings. The zero-order chi connectivity index (χ0) is 7.94.